The first-order valence-electron chi connectivity index (χ1n) is 6.63. The van der Waals surface area contributed by atoms with Crippen molar-refractivity contribution in [3.63, 3.8) is 0 Å². The van der Waals surface area contributed by atoms with Crippen molar-refractivity contribution >= 4 is 0 Å². The summed E-state index contributed by atoms with van der Waals surface area (Å²) in [5, 5.41) is 15.0. The number of nitrogens with zero attached hydrogens (tertiary/aromatic N) is 2. The van der Waals surface area contributed by atoms with Crippen molar-refractivity contribution in [1.82, 2.24) is 9.78 Å². The Morgan fingerprint density at radius 3 is 1.95 bits per heavy atom. The van der Waals surface area contributed by atoms with Crippen molar-refractivity contribution in [2.75, 3.05) is 0 Å². The molecule has 0 amide bonds. The van der Waals surface area contributed by atoms with Crippen molar-refractivity contribution in [2.45, 2.75) is 12.1 Å². The van der Waals surface area contributed by atoms with Gasteiger partial charge in [-0.05, 0) is 17.2 Å². The van der Waals surface area contributed by atoms with Crippen LogP contribution in [0.2, 0.25) is 0 Å². The fraction of sp³-hybridized carbons (Fsp3) is 0.118. The van der Waals surface area contributed by atoms with Gasteiger partial charge in [0.05, 0.1) is 0 Å². The van der Waals surface area contributed by atoms with Crippen LogP contribution in [0.25, 0.3) is 0 Å². The van der Waals surface area contributed by atoms with Crippen molar-refractivity contribution in [2.24, 2.45) is 0 Å². The Morgan fingerprint density at radius 1 is 0.800 bits per heavy atom. The van der Waals surface area contributed by atoms with E-state index in [0.29, 0.717) is 0 Å². The van der Waals surface area contributed by atoms with Crippen molar-refractivity contribution in [3.05, 3.63) is 90.3 Å². The van der Waals surface area contributed by atoms with Gasteiger partial charge in [-0.15, -0.1) is 0 Å². The van der Waals surface area contributed by atoms with Crippen LogP contribution in [0.3, 0.4) is 0 Å². The number of aliphatic hydroxyl groups excluding tert-OH is 1. The van der Waals surface area contributed by atoms with E-state index in [1.807, 2.05) is 72.9 Å². The van der Waals surface area contributed by atoms with Gasteiger partial charge < -0.3 is 5.11 Å². The summed E-state index contributed by atoms with van der Waals surface area (Å²) in [6, 6.07) is 21.3. The summed E-state index contributed by atoms with van der Waals surface area (Å²) in [6.07, 6.45) is 2.97. The number of aromatic nitrogens is 2. The second-order valence-corrected chi connectivity index (χ2v) is 4.70. The van der Waals surface area contributed by atoms with Crippen LogP contribution in [0, 0.1) is 0 Å². The van der Waals surface area contributed by atoms with E-state index in [1.165, 1.54) is 0 Å². The van der Waals surface area contributed by atoms with Crippen LogP contribution >= 0.6 is 0 Å². The van der Waals surface area contributed by atoms with Crippen LogP contribution in [0.4, 0.5) is 0 Å². The number of hydrogen-bond acceptors (Lipinski definition) is 2. The number of rotatable bonds is 4. The summed E-state index contributed by atoms with van der Waals surface area (Å²) < 4.78 is 1.80. The minimum absolute atomic E-state index is 0.228. The Morgan fingerprint density at radius 2 is 1.40 bits per heavy atom. The Labute approximate surface area is 118 Å². The minimum atomic E-state index is -0.640. The van der Waals surface area contributed by atoms with E-state index in [4.69, 9.17) is 0 Å². The maximum atomic E-state index is 10.7. The molecule has 0 unspecified atom stereocenters. The summed E-state index contributed by atoms with van der Waals surface area (Å²) in [4.78, 5) is 0. The predicted molar refractivity (Wildman–Crippen MR) is 78.2 cm³/mol. The molecule has 0 bridgehead atoms. The Kier molecular flexibility index (Phi) is 3.61. The number of benzene rings is 2. The zero-order valence-corrected chi connectivity index (χ0v) is 11.0. The lowest BCUT2D eigenvalue weighted by molar-refractivity contribution is 0.125. The highest BCUT2D eigenvalue weighted by Crippen LogP contribution is 2.31. The van der Waals surface area contributed by atoms with E-state index in [2.05, 4.69) is 5.10 Å². The first-order chi connectivity index (χ1) is 9.86. The first kappa shape index (κ1) is 12.6. The molecule has 100 valence electrons. The second kappa shape index (κ2) is 5.72. The van der Waals surface area contributed by atoms with Gasteiger partial charge in [0.1, 0.15) is 12.1 Å². The van der Waals surface area contributed by atoms with E-state index in [1.54, 1.807) is 10.9 Å². The second-order valence-electron chi connectivity index (χ2n) is 4.70. The third-order valence-electron chi connectivity index (χ3n) is 3.39. The molecule has 3 nitrogen and oxygen atoms in total. The van der Waals surface area contributed by atoms with Crippen LogP contribution in [0.1, 0.15) is 23.3 Å². The third kappa shape index (κ3) is 2.49. The Hall–Kier alpha value is -2.39. The zero-order valence-electron chi connectivity index (χ0n) is 11.0. The average Bonchev–Trinajstić information content (AvgIpc) is 3.03. The molecule has 3 rings (SSSR count). The van der Waals surface area contributed by atoms with Crippen molar-refractivity contribution < 1.29 is 5.11 Å². The van der Waals surface area contributed by atoms with Crippen molar-refractivity contribution in [1.29, 1.82) is 0 Å². The lowest BCUT2D eigenvalue weighted by Gasteiger charge is -2.24. The topological polar surface area (TPSA) is 38.0 Å². The first-order valence-corrected chi connectivity index (χ1v) is 6.63. The highest BCUT2D eigenvalue weighted by molar-refractivity contribution is 5.26. The Balaban J connectivity index is 2.03. The van der Waals surface area contributed by atoms with Crippen LogP contribution in [0.15, 0.2) is 79.1 Å². The molecule has 1 heterocycles. The fourth-order valence-electron chi connectivity index (χ4n) is 2.41. The van der Waals surface area contributed by atoms with Gasteiger partial charge in [0.2, 0.25) is 0 Å². The highest BCUT2D eigenvalue weighted by atomic mass is 16.3. The monoisotopic (exact) mass is 264 g/mol. The van der Waals surface area contributed by atoms with Gasteiger partial charge in [0.15, 0.2) is 0 Å². The summed E-state index contributed by atoms with van der Waals surface area (Å²) in [5.74, 6) is 0. The smallest absolute Gasteiger partial charge is 0.107 e. The van der Waals surface area contributed by atoms with Crippen LogP contribution in [-0.2, 0) is 0 Å². The fourth-order valence-corrected chi connectivity index (χ4v) is 2.41. The largest absolute Gasteiger partial charge is 0.386 e. The SMILES string of the molecule is O[C@H](c1ccccc1)[C@@H](c1ccccc1)n1cccn1. The molecule has 3 heteroatoms. The quantitative estimate of drug-likeness (QED) is 0.785. The highest BCUT2D eigenvalue weighted by Gasteiger charge is 2.24. The lowest BCUT2D eigenvalue weighted by atomic mass is 9.96. The summed E-state index contributed by atoms with van der Waals surface area (Å²) in [5.41, 5.74) is 1.92. The normalized spacial score (nSPS) is 13.8. The zero-order chi connectivity index (χ0) is 13.8. The van der Waals surface area contributed by atoms with E-state index < -0.39 is 6.10 Å². The van der Waals surface area contributed by atoms with E-state index in [0.717, 1.165) is 11.1 Å². The molecule has 1 aromatic heterocycles. The molecule has 3 aromatic rings. The summed E-state index contributed by atoms with van der Waals surface area (Å²) in [7, 11) is 0. The number of aliphatic hydroxyl groups is 1. The van der Waals surface area contributed by atoms with Crippen LogP contribution in [0.5, 0.6) is 0 Å². The molecule has 0 saturated heterocycles. The standard InChI is InChI=1S/C17H16N2O/c20-17(15-10-5-2-6-11-15)16(19-13-7-12-18-19)14-8-3-1-4-9-14/h1-13,16-17,20H/t16-,17-/m1/s1. The third-order valence-corrected chi connectivity index (χ3v) is 3.39. The van der Waals surface area contributed by atoms with Crippen LogP contribution in [-0.4, -0.2) is 14.9 Å². The van der Waals surface area contributed by atoms with E-state index in [9.17, 15) is 5.11 Å². The lowest BCUT2D eigenvalue weighted by Crippen LogP contribution is -2.19. The van der Waals surface area contributed by atoms with Gasteiger partial charge in [0.25, 0.3) is 0 Å². The molecule has 0 aliphatic rings. The molecule has 0 saturated carbocycles. The van der Waals surface area contributed by atoms with Crippen LogP contribution < -0.4 is 0 Å². The molecular formula is C17H16N2O. The van der Waals surface area contributed by atoms with E-state index >= 15 is 0 Å². The van der Waals surface area contributed by atoms with Gasteiger partial charge >= 0.3 is 0 Å². The molecule has 2 atom stereocenters. The Bertz CT molecular complexity index is 635. The van der Waals surface area contributed by atoms with Gasteiger partial charge in [-0.3, -0.25) is 4.68 Å². The minimum Gasteiger partial charge on any atom is -0.386 e. The number of hydrogen-bond donors (Lipinski definition) is 1. The van der Waals surface area contributed by atoms with E-state index in [-0.39, 0.29) is 6.04 Å². The predicted octanol–water partition coefficient (Wildman–Crippen LogP) is 3.21. The molecule has 2 aromatic carbocycles. The maximum absolute atomic E-state index is 10.7. The maximum Gasteiger partial charge on any atom is 0.107 e. The van der Waals surface area contributed by atoms with Gasteiger partial charge in [-0.2, -0.15) is 5.10 Å². The van der Waals surface area contributed by atoms with Crippen molar-refractivity contribution in [3.8, 4) is 0 Å². The summed E-state index contributed by atoms with van der Waals surface area (Å²) in [6.45, 7) is 0. The summed E-state index contributed by atoms with van der Waals surface area (Å²) >= 11 is 0. The van der Waals surface area contributed by atoms with Gasteiger partial charge in [-0.1, -0.05) is 60.7 Å². The molecule has 20 heavy (non-hydrogen) atoms. The van der Waals surface area contributed by atoms with Gasteiger partial charge in [0, 0.05) is 12.4 Å². The molecular weight excluding hydrogens is 248 g/mol. The molecule has 0 fully saturated rings. The molecule has 0 aliphatic heterocycles. The van der Waals surface area contributed by atoms with Gasteiger partial charge in [-0.25, -0.2) is 0 Å². The molecule has 1 N–H and O–H groups in total. The average molecular weight is 264 g/mol. The molecule has 0 radical (unpaired) electrons. The molecule has 0 spiro atoms. The molecule has 0 aliphatic carbocycles.